The number of aryl methyl sites for hydroxylation is 1. The highest BCUT2D eigenvalue weighted by Gasteiger charge is 2.06. The normalized spacial score (nSPS) is 10.0. The molecule has 1 amide bonds. The van der Waals surface area contributed by atoms with Crippen LogP contribution < -0.4 is 15.4 Å². The first-order valence-corrected chi connectivity index (χ1v) is 6.69. The van der Waals surface area contributed by atoms with Crippen LogP contribution in [0.15, 0.2) is 36.5 Å². The van der Waals surface area contributed by atoms with Crippen LogP contribution >= 0.6 is 0 Å². The minimum atomic E-state index is -0.0796. The maximum atomic E-state index is 11.6. The Hall–Kier alpha value is -2.56. The number of aromatic nitrogens is 1. The van der Waals surface area contributed by atoms with Crippen molar-refractivity contribution in [1.82, 2.24) is 10.3 Å². The summed E-state index contributed by atoms with van der Waals surface area (Å²) >= 11 is 0. The summed E-state index contributed by atoms with van der Waals surface area (Å²) in [7, 11) is 3.22. The largest absolute Gasteiger partial charge is 0.481 e. The molecule has 0 saturated heterocycles. The number of rotatable bonds is 5. The van der Waals surface area contributed by atoms with Crippen molar-refractivity contribution in [3.63, 3.8) is 0 Å². The fourth-order valence-electron chi connectivity index (χ4n) is 1.98. The number of carbonyl (C=O) groups excluding carboxylic acids is 1. The van der Waals surface area contributed by atoms with Gasteiger partial charge in [0, 0.05) is 37.1 Å². The van der Waals surface area contributed by atoms with Crippen molar-refractivity contribution in [2.24, 2.45) is 0 Å². The molecule has 110 valence electrons. The molecule has 0 aliphatic heterocycles. The molecule has 2 N–H and O–H groups in total. The van der Waals surface area contributed by atoms with E-state index in [1.54, 1.807) is 26.4 Å². The standard InChI is InChI=1S/C16H19N3O2/c1-11-8-13(16(20)17-2)5-6-14(11)18-9-12-4-7-15(21-3)19-10-12/h4-8,10,18H,9H2,1-3H3,(H,17,20). The van der Waals surface area contributed by atoms with Gasteiger partial charge in [-0.05, 0) is 36.2 Å². The van der Waals surface area contributed by atoms with Crippen molar-refractivity contribution in [2.75, 3.05) is 19.5 Å². The molecule has 0 spiro atoms. The fraction of sp³-hybridized carbons (Fsp3) is 0.250. The number of nitrogens with one attached hydrogen (secondary N) is 2. The summed E-state index contributed by atoms with van der Waals surface area (Å²) in [6.45, 7) is 2.64. The van der Waals surface area contributed by atoms with Gasteiger partial charge in [-0.15, -0.1) is 0 Å². The Morgan fingerprint density at radius 1 is 1.29 bits per heavy atom. The maximum absolute atomic E-state index is 11.6. The van der Waals surface area contributed by atoms with Gasteiger partial charge in [-0.3, -0.25) is 4.79 Å². The molecule has 0 bridgehead atoms. The number of methoxy groups -OCH3 is 1. The van der Waals surface area contributed by atoms with E-state index in [-0.39, 0.29) is 5.91 Å². The Balaban J connectivity index is 2.04. The first-order chi connectivity index (χ1) is 10.1. The second-order valence-corrected chi connectivity index (χ2v) is 4.67. The molecule has 1 aromatic carbocycles. The first kappa shape index (κ1) is 14.8. The molecule has 0 aliphatic rings. The molecule has 5 nitrogen and oxygen atoms in total. The predicted molar refractivity (Wildman–Crippen MR) is 82.7 cm³/mol. The number of ether oxygens (including phenoxy) is 1. The van der Waals surface area contributed by atoms with Crippen LogP contribution in [0.3, 0.4) is 0 Å². The van der Waals surface area contributed by atoms with Crippen LogP contribution in [0.25, 0.3) is 0 Å². The van der Waals surface area contributed by atoms with E-state index in [2.05, 4.69) is 15.6 Å². The summed E-state index contributed by atoms with van der Waals surface area (Å²) in [6.07, 6.45) is 1.78. The Bertz CT molecular complexity index is 624. The quantitative estimate of drug-likeness (QED) is 0.885. The van der Waals surface area contributed by atoms with E-state index in [4.69, 9.17) is 4.74 Å². The lowest BCUT2D eigenvalue weighted by Gasteiger charge is -2.11. The Morgan fingerprint density at radius 2 is 2.10 bits per heavy atom. The van der Waals surface area contributed by atoms with Gasteiger partial charge in [-0.1, -0.05) is 6.07 Å². The van der Waals surface area contributed by atoms with Crippen LogP contribution in [-0.4, -0.2) is 25.0 Å². The molecule has 0 atom stereocenters. The van der Waals surface area contributed by atoms with Crippen molar-refractivity contribution in [2.45, 2.75) is 13.5 Å². The van der Waals surface area contributed by atoms with Gasteiger partial charge in [0.2, 0.25) is 5.88 Å². The number of hydrogen-bond donors (Lipinski definition) is 2. The third-order valence-corrected chi connectivity index (χ3v) is 3.21. The smallest absolute Gasteiger partial charge is 0.251 e. The van der Waals surface area contributed by atoms with Crippen molar-refractivity contribution in [3.8, 4) is 5.88 Å². The molecule has 1 aromatic heterocycles. The lowest BCUT2D eigenvalue weighted by atomic mass is 10.1. The first-order valence-electron chi connectivity index (χ1n) is 6.69. The number of hydrogen-bond acceptors (Lipinski definition) is 4. The molecule has 0 unspecified atom stereocenters. The van der Waals surface area contributed by atoms with E-state index in [0.29, 0.717) is 18.0 Å². The van der Waals surface area contributed by atoms with Crippen LogP contribution in [0, 0.1) is 6.92 Å². The van der Waals surface area contributed by atoms with Gasteiger partial charge in [-0.25, -0.2) is 4.98 Å². The molecule has 5 heteroatoms. The molecule has 0 aliphatic carbocycles. The molecule has 0 fully saturated rings. The summed E-state index contributed by atoms with van der Waals surface area (Å²) in [6, 6.07) is 9.39. The molecule has 1 heterocycles. The second-order valence-electron chi connectivity index (χ2n) is 4.67. The highest BCUT2D eigenvalue weighted by Crippen LogP contribution is 2.18. The average Bonchev–Trinajstić information content (AvgIpc) is 2.53. The van der Waals surface area contributed by atoms with E-state index in [0.717, 1.165) is 16.8 Å². The van der Waals surface area contributed by atoms with E-state index >= 15 is 0 Å². The SMILES string of the molecule is CNC(=O)c1ccc(NCc2ccc(OC)nc2)c(C)c1. The van der Waals surface area contributed by atoms with E-state index in [1.165, 1.54) is 0 Å². The van der Waals surface area contributed by atoms with Gasteiger partial charge < -0.3 is 15.4 Å². The summed E-state index contributed by atoms with van der Waals surface area (Å²) in [5, 5.41) is 5.96. The van der Waals surface area contributed by atoms with E-state index in [1.807, 2.05) is 31.2 Å². The van der Waals surface area contributed by atoms with Crippen LogP contribution in [0.1, 0.15) is 21.5 Å². The Morgan fingerprint density at radius 3 is 2.67 bits per heavy atom. The van der Waals surface area contributed by atoms with Crippen LogP contribution in [0.4, 0.5) is 5.69 Å². The van der Waals surface area contributed by atoms with Gasteiger partial charge in [0.1, 0.15) is 0 Å². The zero-order valence-electron chi connectivity index (χ0n) is 12.4. The number of amides is 1. The third-order valence-electron chi connectivity index (χ3n) is 3.21. The Kier molecular flexibility index (Phi) is 4.77. The Labute approximate surface area is 124 Å². The van der Waals surface area contributed by atoms with Gasteiger partial charge in [0.15, 0.2) is 0 Å². The molecule has 21 heavy (non-hydrogen) atoms. The minimum Gasteiger partial charge on any atom is -0.481 e. The lowest BCUT2D eigenvalue weighted by molar-refractivity contribution is 0.0963. The summed E-state index contributed by atoms with van der Waals surface area (Å²) in [4.78, 5) is 15.7. The summed E-state index contributed by atoms with van der Waals surface area (Å²) in [5.74, 6) is 0.522. The molecule has 0 saturated carbocycles. The fourth-order valence-corrected chi connectivity index (χ4v) is 1.98. The maximum Gasteiger partial charge on any atom is 0.251 e. The van der Waals surface area contributed by atoms with Gasteiger partial charge in [-0.2, -0.15) is 0 Å². The van der Waals surface area contributed by atoms with Crippen LogP contribution in [0.2, 0.25) is 0 Å². The zero-order valence-corrected chi connectivity index (χ0v) is 12.4. The number of nitrogens with zero attached hydrogens (tertiary/aromatic N) is 1. The second kappa shape index (κ2) is 6.74. The minimum absolute atomic E-state index is 0.0796. The number of anilines is 1. The van der Waals surface area contributed by atoms with Gasteiger partial charge >= 0.3 is 0 Å². The number of pyridine rings is 1. The van der Waals surface area contributed by atoms with Gasteiger partial charge in [0.25, 0.3) is 5.91 Å². The summed E-state index contributed by atoms with van der Waals surface area (Å²) in [5.41, 5.74) is 3.74. The lowest BCUT2D eigenvalue weighted by Crippen LogP contribution is -2.17. The average molecular weight is 285 g/mol. The highest BCUT2D eigenvalue weighted by molar-refractivity contribution is 5.94. The number of carbonyl (C=O) groups is 1. The molecule has 2 rings (SSSR count). The molecular weight excluding hydrogens is 266 g/mol. The number of benzene rings is 1. The third kappa shape index (κ3) is 3.72. The summed E-state index contributed by atoms with van der Waals surface area (Å²) < 4.78 is 5.03. The van der Waals surface area contributed by atoms with Crippen molar-refractivity contribution in [3.05, 3.63) is 53.2 Å². The van der Waals surface area contributed by atoms with Crippen LogP contribution in [0.5, 0.6) is 5.88 Å². The topological polar surface area (TPSA) is 63.2 Å². The highest BCUT2D eigenvalue weighted by atomic mass is 16.5. The zero-order chi connectivity index (χ0) is 15.2. The van der Waals surface area contributed by atoms with Crippen molar-refractivity contribution in [1.29, 1.82) is 0 Å². The predicted octanol–water partition coefficient (Wildman–Crippen LogP) is 2.37. The monoisotopic (exact) mass is 285 g/mol. The van der Waals surface area contributed by atoms with Crippen LogP contribution in [-0.2, 0) is 6.54 Å². The molecule has 2 aromatic rings. The molecule has 0 radical (unpaired) electrons. The van der Waals surface area contributed by atoms with E-state index < -0.39 is 0 Å². The van der Waals surface area contributed by atoms with Crippen molar-refractivity contribution >= 4 is 11.6 Å². The van der Waals surface area contributed by atoms with Crippen molar-refractivity contribution < 1.29 is 9.53 Å². The molecular formula is C16H19N3O2. The van der Waals surface area contributed by atoms with Gasteiger partial charge in [0.05, 0.1) is 7.11 Å². The van der Waals surface area contributed by atoms with E-state index in [9.17, 15) is 4.79 Å².